The molecule has 0 spiro atoms. The smallest absolute Gasteiger partial charge is 0.305 e. The largest absolute Gasteiger partial charge is 1.00 e. The molecule has 3 rings (SSSR count). The lowest BCUT2D eigenvalue weighted by molar-refractivity contribution is -0.671. The topological polar surface area (TPSA) is 48.6 Å². The second-order valence-corrected chi connectivity index (χ2v) is 12.6. The molecule has 6 heteroatoms. The summed E-state index contributed by atoms with van der Waals surface area (Å²) in [6.07, 6.45) is 26.8. The highest BCUT2D eigenvalue weighted by atomic mass is 79.9. The van der Waals surface area contributed by atoms with Gasteiger partial charge in [-0.3, -0.25) is 4.79 Å². The van der Waals surface area contributed by atoms with Gasteiger partial charge in [-0.1, -0.05) is 109 Å². The van der Waals surface area contributed by atoms with Crippen LogP contribution in [0.15, 0.2) is 42.6 Å². The van der Waals surface area contributed by atoms with E-state index in [1.807, 2.05) is 6.92 Å². The molecule has 2 atom stereocenters. The molecule has 1 aromatic carbocycles. The second kappa shape index (κ2) is 22.9. The first kappa shape index (κ1) is 37.7. The SMILES string of the molecule is CCCCCCCCCCCCCCCCCC1(C)OCC(COC(=O)CCCCC[n+]2cccc3ccccc32)O1.[Br-]. The predicted molar refractivity (Wildman–Crippen MR) is 172 cm³/mol. The third kappa shape index (κ3) is 15.9. The first-order valence-corrected chi connectivity index (χ1v) is 17.4. The summed E-state index contributed by atoms with van der Waals surface area (Å²) in [6.45, 7) is 6.08. The highest BCUT2D eigenvalue weighted by molar-refractivity contribution is 5.74. The zero-order valence-corrected chi connectivity index (χ0v) is 28.9. The van der Waals surface area contributed by atoms with Crippen molar-refractivity contribution in [1.29, 1.82) is 0 Å². The number of aromatic nitrogens is 1. The van der Waals surface area contributed by atoms with E-state index in [0.717, 1.165) is 38.6 Å². The van der Waals surface area contributed by atoms with Crippen molar-refractivity contribution in [3.05, 3.63) is 42.6 Å². The number of hydrogen-bond acceptors (Lipinski definition) is 4. The van der Waals surface area contributed by atoms with Crippen LogP contribution in [0.25, 0.3) is 10.9 Å². The van der Waals surface area contributed by atoms with E-state index in [0.29, 0.717) is 19.6 Å². The number of hydrogen-bond donors (Lipinski definition) is 0. The van der Waals surface area contributed by atoms with Crippen molar-refractivity contribution in [2.24, 2.45) is 0 Å². The van der Waals surface area contributed by atoms with Crippen LogP contribution < -0.4 is 21.5 Å². The molecular weight excluding hydrogens is 602 g/mol. The van der Waals surface area contributed by atoms with Gasteiger partial charge in [0.25, 0.3) is 0 Å². The maximum Gasteiger partial charge on any atom is 0.305 e. The van der Waals surface area contributed by atoms with Gasteiger partial charge in [-0.15, -0.1) is 0 Å². The Labute approximate surface area is 273 Å². The molecule has 0 bridgehead atoms. The molecule has 0 aliphatic carbocycles. The molecule has 0 radical (unpaired) electrons. The summed E-state index contributed by atoms with van der Waals surface area (Å²) in [6, 6.07) is 12.7. The molecule has 1 aromatic heterocycles. The minimum atomic E-state index is -0.535. The van der Waals surface area contributed by atoms with Crippen LogP contribution in [0.1, 0.15) is 142 Å². The number of carbonyl (C=O) groups excluding carboxylic acids is 1. The van der Waals surface area contributed by atoms with Crippen molar-refractivity contribution in [1.82, 2.24) is 0 Å². The summed E-state index contributed by atoms with van der Waals surface area (Å²) in [5.74, 6) is -0.667. The van der Waals surface area contributed by atoms with Crippen LogP contribution in [0.5, 0.6) is 0 Å². The quantitative estimate of drug-likeness (QED) is 0.0720. The third-order valence-corrected chi connectivity index (χ3v) is 8.72. The monoisotopic (exact) mass is 661 g/mol. The van der Waals surface area contributed by atoms with E-state index in [2.05, 4.69) is 54.1 Å². The lowest BCUT2D eigenvalue weighted by Crippen LogP contribution is -3.00. The number of fused-ring (bicyclic) bond motifs is 1. The Balaban J connectivity index is 0.00000645. The van der Waals surface area contributed by atoms with Gasteiger partial charge < -0.3 is 31.2 Å². The van der Waals surface area contributed by atoms with Crippen molar-refractivity contribution in [2.75, 3.05) is 13.2 Å². The molecule has 5 nitrogen and oxygen atoms in total. The van der Waals surface area contributed by atoms with Crippen LogP contribution in [-0.2, 0) is 25.5 Å². The molecule has 43 heavy (non-hydrogen) atoms. The Kier molecular flexibility index (Phi) is 20.1. The van der Waals surface area contributed by atoms with Crippen LogP contribution in [0.2, 0.25) is 0 Å². The maximum absolute atomic E-state index is 12.3. The van der Waals surface area contributed by atoms with E-state index in [-0.39, 0.29) is 29.1 Å². The summed E-state index contributed by atoms with van der Waals surface area (Å²) >= 11 is 0. The molecule has 2 unspecified atom stereocenters. The van der Waals surface area contributed by atoms with Crippen LogP contribution in [-0.4, -0.2) is 31.1 Å². The van der Waals surface area contributed by atoms with Crippen LogP contribution in [0, 0.1) is 0 Å². The number of esters is 1. The van der Waals surface area contributed by atoms with Gasteiger partial charge in [0.2, 0.25) is 5.52 Å². The van der Waals surface area contributed by atoms with E-state index >= 15 is 0 Å². The van der Waals surface area contributed by atoms with Gasteiger partial charge in [0.05, 0.1) is 6.61 Å². The fourth-order valence-electron chi connectivity index (χ4n) is 6.12. The van der Waals surface area contributed by atoms with Gasteiger partial charge in [-0.05, 0) is 38.3 Å². The average Bonchev–Trinajstić information content (AvgIpc) is 3.38. The van der Waals surface area contributed by atoms with Crippen molar-refractivity contribution in [3.63, 3.8) is 0 Å². The number of pyridine rings is 1. The summed E-state index contributed by atoms with van der Waals surface area (Å²) in [4.78, 5) is 12.3. The van der Waals surface area contributed by atoms with Crippen LogP contribution in [0.3, 0.4) is 0 Å². The number of ether oxygens (including phenoxy) is 3. The molecule has 0 amide bonds. The Morgan fingerprint density at radius 3 is 2.07 bits per heavy atom. The molecule has 0 saturated carbocycles. The molecule has 244 valence electrons. The molecule has 2 aromatic rings. The number of benzene rings is 1. The number of carbonyl (C=O) groups is 1. The van der Waals surface area contributed by atoms with Gasteiger partial charge in [-0.2, -0.15) is 4.57 Å². The average molecular weight is 663 g/mol. The number of aryl methyl sites for hydroxylation is 1. The first-order valence-electron chi connectivity index (χ1n) is 17.4. The predicted octanol–water partition coefficient (Wildman–Crippen LogP) is 6.63. The number of nitrogens with zero attached hydrogens (tertiary/aromatic N) is 1. The normalized spacial score (nSPS) is 18.1. The minimum absolute atomic E-state index is 0. The Hall–Kier alpha value is -1.50. The number of halogens is 1. The summed E-state index contributed by atoms with van der Waals surface area (Å²) in [5.41, 5.74) is 1.25. The molecule has 2 heterocycles. The zero-order valence-electron chi connectivity index (χ0n) is 27.3. The van der Waals surface area contributed by atoms with Crippen molar-refractivity contribution in [3.8, 4) is 0 Å². The Bertz CT molecular complexity index is 996. The maximum atomic E-state index is 12.3. The lowest BCUT2D eigenvalue weighted by atomic mass is 10.0. The fourth-order valence-corrected chi connectivity index (χ4v) is 6.12. The Morgan fingerprint density at radius 2 is 1.40 bits per heavy atom. The lowest BCUT2D eigenvalue weighted by Gasteiger charge is -2.23. The van der Waals surface area contributed by atoms with Gasteiger partial charge in [0.15, 0.2) is 12.0 Å². The summed E-state index contributed by atoms with van der Waals surface area (Å²) in [7, 11) is 0. The van der Waals surface area contributed by atoms with E-state index < -0.39 is 5.79 Å². The van der Waals surface area contributed by atoms with Crippen molar-refractivity contribution < 1.29 is 40.6 Å². The fraction of sp³-hybridized carbons (Fsp3) is 0.730. The van der Waals surface area contributed by atoms with Gasteiger partial charge >= 0.3 is 5.97 Å². The molecule has 1 fully saturated rings. The second-order valence-electron chi connectivity index (χ2n) is 12.6. The Morgan fingerprint density at radius 1 is 0.814 bits per heavy atom. The molecule has 0 N–H and O–H groups in total. The van der Waals surface area contributed by atoms with E-state index in [1.54, 1.807) is 0 Å². The molecular formula is C37H60BrNO4. The first-order chi connectivity index (χ1) is 20.6. The van der Waals surface area contributed by atoms with Crippen LogP contribution in [0.4, 0.5) is 0 Å². The minimum Gasteiger partial charge on any atom is -1.00 e. The van der Waals surface area contributed by atoms with Crippen molar-refractivity contribution in [2.45, 2.75) is 161 Å². The van der Waals surface area contributed by atoms with E-state index in [1.165, 1.54) is 101 Å². The highest BCUT2D eigenvalue weighted by Gasteiger charge is 2.37. The standard InChI is InChI=1S/C37H60NO4.BrH/c1-3-4-5-6-7-8-9-10-11-12-13-14-15-16-21-28-37(2)41-32-34(42-37)31-40-36(39)27-18-17-22-29-38-30-23-25-33-24-19-20-26-35(33)38;/h19-20,23-26,30,34H,3-18,21-22,27-29,31-32H2,1-2H3;1H/q+1;/p-1. The van der Waals surface area contributed by atoms with Gasteiger partial charge in [0.1, 0.15) is 19.3 Å². The van der Waals surface area contributed by atoms with Crippen molar-refractivity contribution >= 4 is 16.9 Å². The zero-order chi connectivity index (χ0) is 29.7. The van der Waals surface area contributed by atoms with Gasteiger partial charge in [-0.25, -0.2) is 0 Å². The molecule has 1 aliphatic heterocycles. The molecule has 1 saturated heterocycles. The number of para-hydroxylation sites is 1. The van der Waals surface area contributed by atoms with E-state index in [9.17, 15) is 4.79 Å². The number of rotatable bonds is 24. The highest BCUT2D eigenvalue weighted by Crippen LogP contribution is 2.29. The summed E-state index contributed by atoms with van der Waals surface area (Å²) in [5, 5.41) is 1.26. The third-order valence-electron chi connectivity index (χ3n) is 8.72. The van der Waals surface area contributed by atoms with Gasteiger partial charge in [0, 0.05) is 36.8 Å². The summed E-state index contributed by atoms with van der Waals surface area (Å²) < 4.78 is 19.9. The van der Waals surface area contributed by atoms with E-state index in [4.69, 9.17) is 14.2 Å². The number of unbranched alkanes of at least 4 members (excludes halogenated alkanes) is 16. The molecule has 1 aliphatic rings. The van der Waals surface area contributed by atoms with Crippen LogP contribution >= 0.6 is 0 Å².